The van der Waals surface area contributed by atoms with Gasteiger partial charge >= 0.3 is 0 Å². The fraction of sp³-hybridized carbons (Fsp3) is 0.733. The number of rotatable bonds is 3. The highest BCUT2D eigenvalue weighted by molar-refractivity contribution is 5.78. The number of piperidine rings is 1. The molecule has 1 aromatic rings. The van der Waals surface area contributed by atoms with Crippen molar-refractivity contribution >= 4 is 5.91 Å². The lowest BCUT2D eigenvalue weighted by atomic mass is 9.94. The monoisotopic (exact) mass is 292 g/mol. The zero-order valence-electron chi connectivity index (χ0n) is 12.6. The van der Waals surface area contributed by atoms with Crippen molar-refractivity contribution in [1.82, 2.24) is 20.0 Å². The summed E-state index contributed by atoms with van der Waals surface area (Å²) in [6.07, 6.45) is 4.16. The van der Waals surface area contributed by atoms with Crippen LogP contribution < -0.4 is 0 Å². The first-order chi connectivity index (χ1) is 10.2. The van der Waals surface area contributed by atoms with Gasteiger partial charge < -0.3 is 9.64 Å². The molecular formula is C15H24N4O2. The van der Waals surface area contributed by atoms with E-state index in [1.165, 1.54) is 5.69 Å². The minimum Gasteiger partial charge on any atom is -0.375 e. The lowest BCUT2D eigenvalue weighted by molar-refractivity contribution is -0.139. The van der Waals surface area contributed by atoms with Gasteiger partial charge in [-0.2, -0.15) is 5.10 Å². The molecule has 21 heavy (non-hydrogen) atoms. The van der Waals surface area contributed by atoms with Crippen molar-refractivity contribution in [1.29, 1.82) is 0 Å². The van der Waals surface area contributed by atoms with Crippen molar-refractivity contribution in [3.8, 4) is 0 Å². The van der Waals surface area contributed by atoms with E-state index in [0.29, 0.717) is 19.1 Å². The molecule has 2 aliphatic heterocycles. The largest absolute Gasteiger partial charge is 0.375 e. The molecule has 3 rings (SSSR count). The molecule has 116 valence electrons. The molecular weight excluding hydrogens is 268 g/mol. The van der Waals surface area contributed by atoms with E-state index in [2.05, 4.69) is 21.2 Å². The summed E-state index contributed by atoms with van der Waals surface area (Å²) in [5.74, 6) is 0.799. The highest BCUT2D eigenvalue weighted by Gasteiger charge is 2.26. The van der Waals surface area contributed by atoms with Gasteiger partial charge in [0.05, 0.1) is 19.3 Å². The maximum Gasteiger partial charge on any atom is 0.236 e. The van der Waals surface area contributed by atoms with Gasteiger partial charge in [0.2, 0.25) is 5.91 Å². The zero-order chi connectivity index (χ0) is 14.7. The summed E-state index contributed by atoms with van der Waals surface area (Å²) in [5.41, 5.74) is 1.22. The van der Waals surface area contributed by atoms with E-state index in [9.17, 15) is 4.79 Å². The quantitative estimate of drug-likeness (QED) is 0.896. The first-order valence-corrected chi connectivity index (χ1v) is 7.83. The number of morpholine rings is 1. The minimum absolute atomic E-state index is 0.161. The summed E-state index contributed by atoms with van der Waals surface area (Å²) in [6, 6.07) is 2.06. The van der Waals surface area contributed by atoms with E-state index in [4.69, 9.17) is 4.74 Å². The summed E-state index contributed by atoms with van der Waals surface area (Å²) < 4.78 is 5.49. The minimum atomic E-state index is 0.161. The van der Waals surface area contributed by atoms with Crippen LogP contribution in [-0.4, -0.2) is 71.3 Å². The molecule has 0 bridgehead atoms. The predicted octanol–water partition coefficient (Wildman–Crippen LogP) is 0.836. The maximum absolute atomic E-state index is 12.3. The highest BCUT2D eigenvalue weighted by Crippen LogP contribution is 2.26. The number of nitrogens with zero attached hydrogens (tertiary/aromatic N) is 3. The van der Waals surface area contributed by atoms with Gasteiger partial charge in [-0.3, -0.25) is 14.8 Å². The Hall–Kier alpha value is -1.40. The van der Waals surface area contributed by atoms with E-state index in [1.807, 2.05) is 18.0 Å². The topological polar surface area (TPSA) is 61.5 Å². The molecule has 0 aliphatic carbocycles. The molecule has 0 radical (unpaired) electrons. The third kappa shape index (κ3) is 3.63. The fourth-order valence-corrected chi connectivity index (χ4v) is 3.23. The van der Waals surface area contributed by atoms with Crippen molar-refractivity contribution in [2.75, 3.05) is 39.3 Å². The second-order valence-electron chi connectivity index (χ2n) is 6.08. The molecule has 2 aliphatic rings. The van der Waals surface area contributed by atoms with Gasteiger partial charge in [0, 0.05) is 30.9 Å². The third-order valence-corrected chi connectivity index (χ3v) is 4.50. The number of ether oxygens (including phenoxy) is 1. The van der Waals surface area contributed by atoms with E-state index in [0.717, 1.165) is 39.0 Å². The van der Waals surface area contributed by atoms with Crippen LogP contribution in [0.15, 0.2) is 12.3 Å². The van der Waals surface area contributed by atoms with Gasteiger partial charge in [0.15, 0.2) is 0 Å². The molecule has 0 saturated carbocycles. The molecule has 0 spiro atoms. The number of amides is 1. The molecule has 6 nitrogen and oxygen atoms in total. The number of carbonyl (C=O) groups is 1. The van der Waals surface area contributed by atoms with Gasteiger partial charge in [-0.1, -0.05) is 0 Å². The van der Waals surface area contributed by atoms with Crippen LogP contribution in [0.3, 0.4) is 0 Å². The Bertz CT molecular complexity index is 454. The Kier molecular flexibility index (Phi) is 4.55. The number of aromatic nitrogens is 2. The Morgan fingerprint density at radius 1 is 1.43 bits per heavy atom. The second kappa shape index (κ2) is 6.58. The number of H-pyrrole nitrogens is 1. The molecule has 1 N–H and O–H groups in total. The van der Waals surface area contributed by atoms with Gasteiger partial charge in [-0.05, 0) is 38.9 Å². The molecule has 2 fully saturated rings. The average Bonchev–Trinajstić information content (AvgIpc) is 3.02. The maximum atomic E-state index is 12.3. The smallest absolute Gasteiger partial charge is 0.236 e. The molecule has 1 atom stereocenters. The highest BCUT2D eigenvalue weighted by atomic mass is 16.5. The van der Waals surface area contributed by atoms with Crippen LogP contribution in [0.2, 0.25) is 0 Å². The SMILES string of the molecule is C[C@H]1CN(C(=O)CN2CCC(c3ccn[nH]3)CC2)CCO1. The molecule has 0 unspecified atom stereocenters. The fourth-order valence-electron chi connectivity index (χ4n) is 3.23. The Balaban J connectivity index is 1.45. The standard InChI is InChI=1S/C15H24N4O2/c1-12-10-19(8-9-21-12)15(20)11-18-6-3-13(4-7-18)14-2-5-16-17-14/h2,5,12-13H,3-4,6-11H2,1H3,(H,16,17)/t12-/m0/s1. The average molecular weight is 292 g/mol. The Labute approximate surface area is 125 Å². The van der Waals surface area contributed by atoms with Crippen LogP contribution in [0.5, 0.6) is 0 Å². The van der Waals surface area contributed by atoms with E-state index < -0.39 is 0 Å². The van der Waals surface area contributed by atoms with Crippen molar-refractivity contribution in [2.45, 2.75) is 31.8 Å². The number of hydrogen-bond acceptors (Lipinski definition) is 4. The summed E-state index contributed by atoms with van der Waals surface area (Å²) in [7, 11) is 0. The van der Waals surface area contributed by atoms with Gasteiger partial charge in [0.1, 0.15) is 0 Å². The molecule has 2 saturated heterocycles. The zero-order valence-corrected chi connectivity index (χ0v) is 12.6. The Morgan fingerprint density at radius 3 is 2.90 bits per heavy atom. The number of carbonyl (C=O) groups excluding carboxylic acids is 1. The van der Waals surface area contributed by atoms with Crippen molar-refractivity contribution in [2.24, 2.45) is 0 Å². The molecule has 3 heterocycles. The molecule has 6 heteroatoms. The van der Waals surface area contributed by atoms with Gasteiger partial charge in [-0.15, -0.1) is 0 Å². The summed E-state index contributed by atoms with van der Waals surface area (Å²) in [5, 5.41) is 7.08. The number of likely N-dealkylation sites (tertiary alicyclic amines) is 1. The van der Waals surface area contributed by atoms with Crippen LogP contribution in [0.25, 0.3) is 0 Å². The molecule has 1 aromatic heterocycles. The normalized spacial score (nSPS) is 25.2. The first-order valence-electron chi connectivity index (χ1n) is 7.83. The number of aromatic amines is 1. The summed E-state index contributed by atoms with van der Waals surface area (Å²) in [6.45, 7) is 6.65. The van der Waals surface area contributed by atoms with Crippen LogP contribution in [0, 0.1) is 0 Å². The third-order valence-electron chi connectivity index (χ3n) is 4.50. The van der Waals surface area contributed by atoms with Crippen LogP contribution >= 0.6 is 0 Å². The summed E-state index contributed by atoms with van der Waals surface area (Å²) in [4.78, 5) is 16.5. The summed E-state index contributed by atoms with van der Waals surface area (Å²) >= 11 is 0. The van der Waals surface area contributed by atoms with Crippen LogP contribution in [0.1, 0.15) is 31.4 Å². The Morgan fingerprint density at radius 2 is 2.24 bits per heavy atom. The molecule has 0 aromatic carbocycles. The van der Waals surface area contributed by atoms with Crippen LogP contribution in [-0.2, 0) is 9.53 Å². The lowest BCUT2D eigenvalue weighted by Gasteiger charge is -2.35. The first kappa shape index (κ1) is 14.5. The lowest BCUT2D eigenvalue weighted by Crippen LogP contribution is -2.49. The molecule has 1 amide bonds. The second-order valence-corrected chi connectivity index (χ2v) is 6.08. The van der Waals surface area contributed by atoms with E-state index in [-0.39, 0.29) is 12.0 Å². The van der Waals surface area contributed by atoms with Crippen molar-refractivity contribution in [3.05, 3.63) is 18.0 Å². The van der Waals surface area contributed by atoms with Gasteiger partial charge in [-0.25, -0.2) is 0 Å². The van der Waals surface area contributed by atoms with Crippen LogP contribution in [0.4, 0.5) is 0 Å². The predicted molar refractivity (Wildman–Crippen MR) is 79.0 cm³/mol. The van der Waals surface area contributed by atoms with Gasteiger partial charge in [0.25, 0.3) is 0 Å². The number of nitrogens with one attached hydrogen (secondary N) is 1. The van der Waals surface area contributed by atoms with Crippen molar-refractivity contribution in [3.63, 3.8) is 0 Å². The van der Waals surface area contributed by atoms with Crippen molar-refractivity contribution < 1.29 is 9.53 Å². The number of hydrogen-bond donors (Lipinski definition) is 1. The van der Waals surface area contributed by atoms with E-state index in [1.54, 1.807) is 0 Å². The van der Waals surface area contributed by atoms with E-state index >= 15 is 0 Å².